The second kappa shape index (κ2) is 5.01. The summed E-state index contributed by atoms with van der Waals surface area (Å²) in [5, 5.41) is 15.0. The summed E-state index contributed by atoms with van der Waals surface area (Å²) in [6.45, 7) is 0. The molecule has 6 heteroatoms. The summed E-state index contributed by atoms with van der Waals surface area (Å²) in [5.74, 6) is -0.797. The highest BCUT2D eigenvalue weighted by Gasteiger charge is 2.12. The topological polar surface area (TPSA) is 55.1 Å². The molecule has 0 aromatic carbocycles. The van der Waals surface area contributed by atoms with Crippen molar-refractivity contribution in [3.8, 4) is 10.4 Å². The molecule has 17 heavy (non-hydrogen) atoms. The fourth-order valence-corrected chi connectivity index (χ4v) is 3.07. The fraction of sp³-hybridized carbons (Fsp3) is 0.273. The Morgan fingerprint density at radius 2 is 2.41 bits per heavy atom. The molecule has 1 N–H and O–H groups in total. The normalized spacial score (nSPS) is 10.7. The molecule has 0 spiro atoms. The van der Waals surface area contributed by atoms with Gasteiger partial charge < -0.3 is 5.11 Å². The third-order valence-electron chi connectivity index (χ3n) is 2.31. The highest BCUT2D eigenvalue weighted by Crippen LogP contribution is 2.32. The van der Waals surface area contributed by atoms with Crippen LogP contribution in [0.25, 0.3) is 10.4 Å². The van der Waals surface area contributed by atoms with E-state index in [1.165, 1.54) is 0 Å². The van der Waals surface area contributed by atoms with E-state index < -0.39 is 5.97 Å². The molecule has 0 saturated carbocycles. The lowest BCUT2D eigenvalue weighted by Gasteiger charge is -1.97. The van der Waals surface area contributed by atoms with Crippen LogP contribution >= 0.6 is 27.3 Å². The number of hydrogen-bond donors (Lipinski definition) is 1. The van der Waals surface area contributed by atoms with Gasteiger partial charge in [0.05, 0.1) is 12.1 Å². The number of hydrogen-bond acceptors (Lipinski definition) is 3. The first-order valence-corrected chi connectivity index (χ1v) is 6.72. The third kappa shape index (κ3) is 2.95. The van der Waals surface area contributed by atoms with Gasteiger partial charge in [0.2, 0.25) is 0 Å². The molecule has 2 heterocycles. The van der Waals surface area contributed by atoms with Crippen LogP contribution < -0.4 is 0 Å². The van der Waals surface area contributed by atoms with E-state index in [-0.39, 0.29) is 6.42 Å². The summed E-state index contributed by atoms with van der Waals surface area (Å²) in [6, 6.07) is 2.02. The zero-order valence-corrected chi connectivity index (χ0v) is 11.6. The van der Waals surface area contributed by atoms with Gasteiger partial charge in [-0.15, -0.1) is 11.3 Å². The Morgan fingerprint density at radius 1 is 1.65 bits per heavy atom. The number of aliphatic carboxylic acids is 1. The Hall–Kier alpha value is -1.14. The molecule has 0 amide bonds. The standard InChI is InChI=1S/C11H11BrN2O2S/c1-14-5-8(10-4-7(12)6-17-10)9(13-14)2-3-11(15)16/h4-6H,2-3H2,1H3,(H,15,16). The Kier molecular flexibility index (Phi) is 3.63. The van der Waals surface area contributed by atoms with Gasteiger partial charge in [0.25, 0.3) is 0 Å². The first kappa shape index (κ1) is 12.3. The number of carboxylic acids is 1. The number of aryl methyl sites for hydroxylation is 2. The van der Waals surface area contributed by atoms with Crippen molar-refractivity contribution in [1.82, 2.24) is 9.78 Å². The molecule has 0 aliphatic heterocycles. The van der Waals surface area contributed by atoms with E-state index in [4.69, 9.17) is 5.11 Å². The number of rotatable bonds is 4. The van der Waals surface area contributed by atoms with Crippen LogP contribution in [-0.4, -0.2) is 20.9 Å². The molecule has 2 aromatic rings. The minimum Gasteiger partial charge on any atom is -0.481 e. The number of carboxylic acid groups (broad SMARTS) is 1. The molecule has 4 nitrogen and oxygen atoms in total. The highest BCUT2D eigenvalue weighted by molar-refractivity contribution is 9.10. The van der Waals surface area contributed by atoms with Crippen LogP contribution in [0, 0.1) is 0 Å². The molecule has 2 aromatic heterocycles. The minimum atomic E-state index is -0.797. The third-order valence-corrected chi connectivity index (χ3v) is 4.04. The van der Waals surface area contributed by atoms with E-state index in [1.807, 2.05) is 24.7 Å². The SMILES string of the molecule is Cn1cc(-c2cc(Br)cs2)c(CCC(=O)O)n1. The molecule has 0 atom stereocenters. The maximum absolute atomic E-state index is 10.6. The summed E-state index contributed by atoms with van der Waals surface area (Å²) < 4.78 is 2.76. The molecular weight excluding hydrogens is 304 g/mol. The van der Waals surface area contributed by atoms with Crippen molar-refractivity contribution in [2.24, 2.45) is 7.05 Å². The van der Waals surface area contributed by atoms with Gasteiger partial charge in [0, 0.05) is 40.0 Å². The van der Waals surface area contributed by atoms with Crippen LogP contribution in [0.2, 0.25) is 0 Å². The number of carbonyl (C=O) groups is 1. The molecule has 0 bridgehead atoms. The predicted molar refractivity (Wildman–Crippen MR) is 70.2 cm³/mol. The van der Waals surface area contributed by atoms with Gasteiger partial charge in [-0.3, -0.25) is 9.48 Å². The largest absolute Gasteiger partial charge is 0.481 e. The van der Waals surface area contributed by atoms with Crippen molar-refractivity contribution in [3.63, 3.8) is 0 Å². The van der Waals surface area contributed by atoms with E-state index >= 15 is 0 Å². The lowest BCUT2D eigenvalue weighted by molar-refractivity contribution is -0.136. The summed E-state index contributed by atoms with van der Waals surface area (Å²) in [5.41, 5.74) is 1.86. The van der Waals surface area contributed by atoms with Crippen molar-refractivity contribution in [2.45, 2.75) is 12.8 Å². The second-order valence-electron chi connectivity index (χ2n) is 3.69. The van der Waals surface area contributed by atoms with Gasteiger partial charge in [0.15, 0.2) is 0 Å². The fourth-order valence-electron chi connectivity index (χ4n) is 1.60. The summed E-state index contributed by atoms with van der Waals surface area (Å²) in [4.78, 5) is 11.7. The predicted octanol–water partition coefficient (Wildman–Crippen LogP) is 2.93. The zero-order chi connectivity index (χ0) is 12.4. The van der Waals surface area contributed by atoms with Crippen LogP contribution in [0.15, 0.2) is 22.1 Å². The minimum absolute atomic E-state index is 0.108. The van der Waals surface area contributed by atoms with E-state index in [9.17, 15) is 4.79 Å². The van der Waals surface area contributed by atoms with E-state index in [0.29, 0.717) is 6.42 Å². The van der Waals surface area contributed by atoms with E-state index in [1.54, 1.807) is 16.0 Å². The van der Waals surface area contributed by atoms with E-state index in [2.05, 4.69) is 21.0 Å². The number of aromatic nitrogens is 2. The maximum atomic E-state index is 10.6. The number of halogens is 1. The van der Waals surface area contributed by atoms with Crippen LogP contribution in [0.3, 0.4) is 0 Å². The van der Waals surface area contributed by atoms with Crippen molar-refractivity contribution < 1.29 is 9.90 Å². The number of nitrogens with zero attached hydrogens (tertiary/aromatic N) is 2. The Bertz CT molecular complexity index is 547. The monoisotopic (exact) mass is 314 g/mol. The van der Waals surface area contributed by atoms with Gasteiger partial charge in [-0.05, 0) is 22.0 Å². The van der Waals surface area contributed by atoms with Gasteiger partial charge in [-0.2, -0.15) is 5.10 Å². The first-order valence-electron chi connectivity index (χ1n) is 5.05. The molecule has 2 rings (SSSR count). The summed E-state index contributed by atoms with van der Waals surface area (Å²) in [6.07, 6.45) is 2.49. The highest BCUT2D eigenvalue weighted by atomic mass is 79.9. The Labute approximate surface area is 111 Å². The average molecular weight is 315 g/mol. The van der Waals surface area contributed by atoms with Gasteiger partial charge in [-0.1, -0.05) is 0 Å². The van der Waals surface area contributed by atoms with Gasteiger partial charge >= 0.3 is 5.97 Å². The van der Waals surface area contributed by atoms with Crippen molar-refractivity contribution in [2.75, 3.05) is 0 Å². The van der Waals surface area contributed by atoms with Crippen LogP contribution in [-0.2, 0) is 18.3 Å². The van der Waals surface area contributed by atoms with Crippen molar-refractivity contribution in [1.29, 1.82) is 0 Å². The van der Waals surface area contributed by atoms with Gasteiger partial charge in [-0.25, -0.2) is 0 Å². The Balaban J connectivity index is 2.30. The molecular formula is C11H11BrN2O2S. The summed E-state index contributed by atoms with van der Waals surface area (Å²) in [7, 11) is 1.84. The molecule has 0 unspecified atom stereocenters. The lowest BCUT2D eigenvalue weighted by atomic mass is 10.1. The first-order chi connectivity index (χ1) is 8.06. The molecule has 90 valence electrons. The number of thiophene rings is 1. The van der Waals surface area contributed by atoms with Crippen LogP contribution in [0.4, 0.5) is 0 Å². The van der Waals surface area contributed by atoms with Crippen molar-refractivity contribution in [3.05, 3.63) is 27.8 Å². The van der Waals surface area contributed by atoms with Crippen molar-refractivity contribution >= 4 is 33.2 Å². The molecule has 0 aliphatic rings. The second-order valence-corrected chi connectivity index (χ2v) is 5.51. The van der Waals surface area contributed by atoms with Crippen LogP contribution in [0.1, 0.15) is 12.1 Å². The van der Waals surface area contributed by atoms with E-state index in [0.717, 1.165) is 20.6 Å². The lowest BCUT2D eigenvalue weighted by Crippen LogP contribution is -1.99. The smallest absolute Gasteiger partial charge is 0.303 e. The average Bonchev–Trinajstić information content (AvgIpc) is 2.81. The molecule has 0 saturated heterocycles. The molecule has 0 aliphatic carbocycles. The zero-order valence-electron chi connectivity index (χ0n) is 9.18. The maximum Gasteiger partial charge on any atom is 0.303 e. The quantitative estimate of drug-likeness (QED) is 0.944. The summed E-state index contributed by atoms with van der Waals surface area (Å²) >= 11 is 5.03. The Morgan fingerprint density at radius 3 is 3.00 bits per heavy atom. The molecule has 0 fully saturated rings. The van der Waals surface area contributed by atoms with Gasteiger partial charge in [0.1, 0.15) is 0 Å². The molecule has 0 radical (unpaired) electrons. The van der Waals surface area contributed by atoms with Crippen LogP contribution in [0.5, 0.6) is 0 Å².